The minimum Gasteiger partial charge on any atom is -0.392 e. The fourth-order valence-electron chi connectivity index (χ4n) is 2.24. The number of rotatable bonds is 4. The first-order chi connectivity index (χ1) is 8.65. The molecule has 0 radical (unpaired) electrons. The Bertz CT molecular complexity index is 426. The summed E-state index contributed by atoms with van der Waals surface area (Å²) >= 11 is 0. The van der Waals surface area contributed by atoms with E-state index in [0.29, 0.717) is 19.5 Å². The van der Waals surface area contributed by atoms with Crippen LogP contribution in [0.3, 0.4) is 0 Å². The molecule has 0 saturated carbocycles. The molecule has 0 spiro atoms. The Hall–Kier alpha value is -1.10. The number of nitrogens with one attached hydrogen (secondary N) is 2. The monoisotopic (exact) mass is 284 g/mol. The Morgan fingerprint density at radius 1 is 1.53 bits per heavy atom. The fraction of sp³-hybridized carbons (Fsp3) is 0.500. The lowest BCUT2D eigenvalue weighted by Crippen LogP contribution is -2.41. The topological polar surface area (TPSA) is 61.4 Å². The zero-order valence-electron chi connectivity index (χ0n) is 11.1. The summed E-state index contributed by atoms with van der Waals surface area (Å²) in [5.41, 5.74) is 2.47. The van der Waals surface area contributed by atoms with Gasteiger partial charge in [0.2, 0.25) is 5.91 Å². The van der Waals surface area contributed by atoms with Gasteiger partial charge in [-0.3, -0.25) is 4.79 Å². The van der Waals surface area contributed by atoms with Crippen LogP contribution >= 0.6 is 12.4 Å². The van der Waals surface area contributed by atoms with Crippen LogP contribution in [0, 0.1) is 6.92 Å². The lowest BCUT2D eigenvalue weighted by atomic mass is 10.1. The van der Waals surface area contributed by atoms with Crippen LogP contribution in [0.15, 0.2) is 24.3 Å². The van der Waals surface area contributed by atoms with Crippen molar-refractivity contribution >= 4 is 18.3 Å². The lowest BCUT2D eigenvalue weighted by Gasteiger charge is -2.11. The van der Waals surface area contributed by atoms with Crippen LogP contribution in [0.25, 0.3) is 0 Å². The van der Waals surface area contributed by atoms with Gasteiger partial charge in [0, 0.05) is 13.1 Å². The number of benzene rings is 1. The second-order valence-electron chi connectivity index (χ2n) is 4.88. The molecule has 2 unspecified atom stereocenters. The summed E-state index contributed by atoms with van der Waals surface area (Å²) < 4.78 is 0. The maximum atomic E-state index is 11.8. The summed E-state index contributed by atoms with van der Waals surface area (Å²) in [5, 5.41) is 15.2. The zero-order chi connectivity index (χ0) is 13.0. The molecule has 106 valence electrons. The molecule has 1 aliphatic rings. The van der Waals surface area contributed by atoms with Crippen LogP contribution in [0.2, 0.25) is 0 Å². The van der Waals surface area contributed by atoms with Gasteiger partial charge in [0.15, 0.2) is 0 Å². The largest absolute Gasteiger partial charge is 0.392 e. The van der Waals surface area contributed by atoms with Gasteiger partial charge in [-0.25, -0.2) is 0 Å². The van der Waals surface area contributed by atoms with Crippen molar-refractivity contribution in [3.05, 3.63) is 35.4 Å². The molecule has 1 aromatic carbocycles. The third-order valence-corrected chi connectivity index (χ3v) is 3.22. The summed E-state index contributed by atoms with van der Waals surface area (Å²) in [6, 6.07) is 8.05. The summed E-state index contributed by atoms with van der Waals surface area (Å²) in [6.07, 6.45) is 0.955. The van der Waals surface area contributed by atoms with Crippen molar-refractivity contribution in [3.63, 3.8) is 0 Å². The average Bonchev–Trinajstić information content (AvgIpc) is 2.76. The molecule has 0 aromatic heterocycles. The van der Waals surface area contributed by atoms with Crippen molar-refractivity contribution in [1.29, 1.82) is 0 Å². The fourth-order valence-corrected chi connectivity index (χ4v) is 2.24. The summed E-state index contributed by atoms with van der Waals surface area (Å²) in [5.74, 6) is -0.0146. The molecule has 1 heterocycles. The summed E-state index contributed by atoms with van der Waals surface area (Å²) in [4.78, 5) is 11.8. The molecule has 2 rings (SSSR count). The number of carbonyl (C=O) groups is 1. The molecule has 4 nitrogen and oxygen atoms in total. The Balaban J connectivity index is 0.00000180. The Kier molecular flexibility index (Phi) is 6.28. The van der Waals surface area contributed by atoms with Gasteiger partial charge in [-0.2, -0.15) is 0 Å². The van der Waals surface area contributed by atoms with E-state index < -0.39 is 6.10 Å². The van der Waals surface area contributed by atoms with Crippen LogP contribution in [-0.2, 0) is 11.2 Å². The van der Waals surface area contributed by atoms with Crippen LogP contribution in [0.5, 0.6) is 0 Å². The molecule has 1 fully saturated rings. The van der Waals surface area contributed by atoms with E-state index in [1.54, 1.807) is 0 Å². The van der Waals surface area contributed by atoms with Crippen LogP contribution < -0.4 is 10.6 Å². The van der Waals surface area contributed by atoms with Gasteiger partial charge in [-0.15, -0.1) is 12.4 Å². The van der Waals surface area contributed by atoms with Gasteiger partial charge < -0.3 is 15.7 Å². The molecule has 3 N–H and O–H groups in total. The maximum Gasteiger partial charge on any atom is 0.237 e. The number of aliphatic hydroxyl groups is 1. The third-order valence-electron chi connectivity index (χ3n) is 3.22. The van der Waals surface area contributed by atoms with E-state index in [1.165, 1.54) is 11.1 Å². The zero-order valence-corrected chi connectivity index (χ0v) is 11.9. The van der Waals surface area contributed by atoms with E-state index >= 15 is 0 Å². The molecular formula is C14H21ClN2O2. The van der Waals surface area contributed by atoms with Gasteiger partial charge in [0.1, 0.15) is 0 Å². The van der Waals surface area contributed by atoms with Crippen molar-refractivity contribution in [1.82, 2.24) is 10.6 Å². The van der Waals surface area contributed by atoms with Gasteiger partial charge in [0.25, 0.3) is 0 Å². The van der Waals surface area contributed by atoms with Gasteiger partial charge >= 0.3 is 0 Å². The van der Waals surface area contributed by atoms with E-state index in [1.807, 2.05) is 6.07 Å². The van der Waals surface area contributed by atoms with Crippen LogP contribution in [-0.4, -0.2) is 36.2 Å². The molecule has 1 amide bonds. The van der Waals surface area contributed by atoms with Crippen molar-refractivity contribution in [2.75, 3.05) is 13.1 Å². The van der Waals surface area contributed by atoms with E-state index in [0.717, 1.165) is 6.42 Å². The number of hydrogen-bond acceptors (Lipinski definition) is 3. The molecular weight excluding hydrogens is 264 g/mol. The first-order valence-electron chi connectivity index (χ1n) is 6.40. The second-order valence-corrected chi connectivity index (χ2v) is 4.88. The van der Waals surface area contributed by atoms with E-state index in [-0.39, 0.29) is 24.4 Å². The number of β-amino-alcohol motifs (C(OH)–C–C–N with tert-alkyl or cyclic N) is 1. The highest BCUT2D eigenvalue weighted by atomic mass is 35.5. The van der Waals surface area contributed by atoms with Crippen molar-refractivity contribution in [2.45, 2.75) is 31.9 Å². The highest BCUT2D eigenvalue weighted by molar-refractivity contribution is 5.85. The van der Waals surface area contributed by atoms with Crippen molar-refractivity contribution in [3.8, 4) is 0 Å². The molecule has 1 aliphatic heterocycles. The number of hydrogen-bond donors (Lipinski definition) is 3. The molecule has 1 aromatic rings. The van der Waals surface area contributed by atoms with Crippen LogP contribution in [0.4, 0.5) is 0 Å². The summed E-state index contributed by atoms with van der Waals surface area (Å²) in [6.45, 7) is 3.21. The smallest absolute Gasteiger partial charge is 0.237 e. The number of halogens is 1. The minimum atomic E-state index is -0.391. The number of aryl methyl sites for hydroxylation is 1. The van der Waals surface area contributed by atoms with Gasteiger partial charge in [-0.1, -0.05) is 29.8 Å². The van der Waals surface area contributed by atoms with Crippen molar-refractivity contribution in [2.24, 2.45) is 0 Å². The highest BCUT2D eigenvalue weighted by Gasteiger charge is 2.27. The molecule has 19 heavy (non-hydrogen) atoms. The minimum absolute atomic E-state index is 0. The van der Waals surface area contributed by atoms with Crippen molar-refractivity contribution < 1.29 is 9.90 Å². The van der Waals surface area contributed by atoms with E-state index in [4.69, 9.17) is 0 Å². The quantitative estimate of drug-likeness (QED) is 0.766. The second kappa shape index (κ2) is 7.48. The van der Waals surface area contributed by atoms with E-state index in [2.05, 4.69) is 35.8 Å². The first kappa shape index (κ1) is 16.0. The molecule has 0 bridgehead atoms. The summed E-state index contributed by atoms with van der Waals surface area (Å²) in [7, 11) is 0. The average molecular weight is 285 g/mol. The highest BCUT2D eigenvalue weighted by Crippen LogP contribution is 2.07. The SMILES string of the molecule is Cc1cccc(CCNC(=O)C2CC(O)CN2)c1.Cl. The number of aliphatic hydroxyl groups excluding tert-OH is 1. The predicted octanol–water partition coefficient (Wildman–Crippen LogP) is 0.798. The Morgan fingerprint density at radius 2 is 2.32 bits per heavy atom. The third kappa shape index (κ3) is 4.82. The molecule has 5 heteroatoms. The van der Waals surface area contributed by atoms with Crippen LogP contribution in [0.1, 0.15) is 17.5 Å². The first-order valence-corrected chi connectivity index (χ1v) is 6.40. The Morgan fingerprint density at radius 3 is 2.95 bits per heavy atom. The predicted molar refractivity (Wildman–Crippen MR) is 77.6 cm³/mol. The Labute approximate surface area is 120 Å². The normalized spacial score (nSPS) is 21.8. The lowest BCUT2D eigenvalue weighted by molar-refractivity contribution is -0.122. The standard InChI is InChI=1S/C14H20N2O2.ClH/c1-10-3-2-4-11(7-10)5-6-15-14(18)13-8-12(17)9-16-13;/h2-4,7,12-13,16-17H,5-6,8-9H2,1H3,(H,15,18);1H. The number of amides is 1. The molecule has 1 saturated heterocycles. The number of carbonyl (C=O) groups excluding carboxylic acids is 1. The maximum absolute atomic E-state index is 11.8. The van der Waals surface area contributed by atoms with Gasteiger partial charge in [0.05, 0.1) is 12.1 Å². The molecule has 0 aliphatic carbocycles. The molecule has 2 atom stereocenters. The van der Waals surface area contributed by atoms with E-state index in [9.17, 15) is 9.90 Å². The van der Waals surface area contributed by atoms with Gasteiger partial charge in [-0.05, 0) is 25.3 Å².